The van der Waals surface area contributed by atoms with Gasteiger partial charge in [0.05, 0.1) is 6.61 Å². The Hall–Kier alpha value is -0.530. The normalized spacial score (nSPS) is 21.1. The van der Waals surface area contributed by atoms with E-state index in [4.69, 9.17) is 25.5 Å². The van der Waals surface area contributed by atoms with Gasteiger partial charge in [0, 0.05) is 0 Å². The Morgan fingerprint density at radius 3 is 1.92 bits per heavy atom. The highest BCUT2D eigenvalue weighted by Gasteiger charge is 2.29. The molecule has 0 aliphatic heterocycles. The van der Waals surface area contributed by atoms with E-state index >= 15 is 0 Å². The van der Waals surface area contributed by atoms with E-state index in [9.17, 15) is 4.79 Å². The fraction of sp³-hybridized carbons (Fsp3) is 0.833. The summed E-state index contributed by atoms with van der Waals surface area (Å²) < 4.78 is 0. The van der Waals surface area contributed by atoms with Gasteiger partial charge in [-0.1, -0.05) is 0 Å². The van der Waals surface area contributed by atoms with Gasteiger partial charge in [-0.25, -0.2) is 0 Å². The van der Waals surface area contributed by atoms with E-state index < -0.39 is 31.0 Å². The van der Waals surface area contributed by atoms with Gasteiger partial charge in [0.25, 0.3) is 0 Å². The molecule has 0 saturated carbocycles. The third kappa shape index (κ3) is 2.84. The molecule has 0 amide bonds. The van der Waals surface area contributed by atoms with E-state index in [0.29, 0.717) is 0 Å². The zero-order valence-electron chi connectivity index (χ0n) is 6.24. The molecule has 72 valence electrons. The number of carbonyl (C=O) groups excluding carboxylic acids is 1. The average molecular weight is 192 g/mol. The Labute approximate surface area is 68.7 Å². The van der Waals surface area contributed by atoms with Crippen molar-refractivity contribution in [1.82, 2.24) is 0 Å². The molecule has 0 aromatic carbocycles. The van der Waals surface area contributed by atoms with Crippen LogP contribution in [0, 0.1) is 0 Å². The van der Waals surface area contributed by atoms with Gasteiger partial charge in [-0.05, 0) is 0 Å². The quantitative estimate of drug-likeness (QED) is 0.229. The van der Waals surface area contributed by atoms with Crippen molar-refractivity contribution in [2.45, 2.75) is 24.4 Å². The maximum Gasteiger partial charge on any atom is 0.151 e. The Morgan fingerprint density at radius 2 is 1.58 bits per heavy atom. The lowest BCUT2D eigenvalue weighted by Crippen LogP contribution is -2.46. The molecule has 6 nitrogen and oxygen atoms in total. The summed E-state index contributed by atoms with van der Waals surface area (Å²) in [4.78, 5) is 9.90. The van der Waals surface area contributed by atoms with Gasteiger partial charge in [0.2, 0.25) is 0 Å². The van der Waals surface area contributed by atoms with Crippen LogP contribution in [-0.2, 0) is 4.79 Å². The smallest absolute Gasteiger partial charge is 0.151 e. The Kier molecular flexibility index (Phi) is 4.95. The summed E-state index contributed by atoms with van der Waals surface area (Å²) in [6.45, 7) is -0.760. The number of hydrogen-bond acceptors (Lipinski definition) is 6. The van der Waals surface area contributed by atoms with Crippen LogP contribution in [0.3, 0.4) is 0 Å². The summed E-state index contributed by atoms with van der Waals surface area (Å²) in [5.74, 6) is 0. The fourth-order valence-electron chi connectivity index (χ4n) is 0.618. The van der Waals surface area contributed by atoms with Gasteiger partial charge in [-0.2, -0.15) is 0 Å². The predicted molar refractivity (Wildman–Crippen MR) is 37.2 cm³/mol. The van der Waals surface area contributed by atoms with Crippen molar-refractivity contribution in [1.29, 1.82) is 0 Å². The van der Waals surface area contributed by atoms with Gasteiger partial charge in [0.1, 0.15) is 24.4 Å². The summed E-state index contributed by atoms with van der Waals surface area (Å²) in [7, 11) is 0. The first-order valence-corrected chi connectivity index (χ1v) is 3.33. The maximum absolute atomic E-state index is 9.90. The van der Waals surface area contributed by atoms with E-state index in [1.165, 1.54) is 0 Å². The second-order valence-electron chi connectivity index (χ2n) is 2.36. The third-order valence-corrected chi connectivity index (χ3v) is 1.42. The molecular formula is C6H12O6. The molecule has 0 bridgehead atoms. The lowest BCUT2D eigenvalue weighted by molar-refractivity contribution is -0.136. The molecule has 0 saturated heterocycles. The maximum atomic E-state index is 9.90. The summed E-state index contributed by atoms with van der Waals surface area (Å²) in [5, 5.41) is 43.5. The molecular weight excluding hydrogens is 180 g/mol. The second kappa shape index (κ2) is 5.18. The fourth-order valence-corrected chi connectivity index (χ4v) is 0.618. The van der Waals surface area contributed by atoms with Crippen LogP contribution in [0.5, 0.6) is 0 Å². The van der Waals surface area contributed by atoms with Crippen molar-refractivity contribution < 1.29 is 30.3 Å². The van der Waals surface area contributed by atoms with Crippen molar-refractivity contribution in [3.8, 4) is 0 Å². The molecule has 0 fully saturated rings. The van der Waals surface area contributed by atoms with Gasteiger partial charge in [0.15, 0.2) is 6.29 Å². The minimum atomic E-state index is -1.79. The molecule has 0 aromatic rings. The Balaban J connectivity index is 4.07. The summed E-state index contributed by atoms with van der Waals surface area (Å²) in [5.41, 5.74) is 0. The second-order valence-corrected chi connectivity index (χ2v) is 2.36. The van der Waals surface area contributed by atoms with Crippen LogP contribution in [-0.4, -0.2) is 62.8 Å². The molecule has 0 rings (SSSR count). The molecule has 0 heterocycles. The molecule has 6 heteroatoms. The summed E-state index contributed by atoms with van der Waals surface area (Å²) in [6.07, 6.45) is -6.84. The summed E-state index contributed by atoms with van der Waals surface area (Å²) in [6, 6.07) is 0. The lowest BCUT2D eigenvalue weighted by Gasteiger charge is -2.22. The topological polar surface area (TPSA) is 118 Å². The first-order chi connectivity index (χ1) is 5.54. The van der Waals surface area contributed by atoms with Crippen LogP contribution in [0.4, 0.5) is 0 Å². The van der Waals surface area contributed by atoms with Gasteiger partial charge >= 0.3 is 0 Å². The van der Waals surface area contributed by atoms with Crippen LogP contribution < -0.4 is 0 Å². The van der Waals surface area contributed by atoms with Crippen molar-refractivity contribution in [3.05, 3.63) is 0 Å². The van der Waals surface area contributed by atoms with Crippen LogP contribution in [0.1, 0.15) is 0 Å². The SMILES string of the molecule is [18O]=C[C@H]([18OH])[C@H]([18OH])[C@H]([18OH])[C@H]([18OH])C[18OH]. The lowest BCUT2D eigenvalue weighted by atomic mass is 10.1. The van der Waals surface area contributed by atoms with Crippen molar-refractivity contribution in [2.75, 3.05) is 6.61 Å². The van der Waals surface area contributed by atoms with E-state index in [1.807, 2.05) is 0 Å². The Bertz CT molecular complexity index is 138. The highest BCUT2D eigenvalue weighted by atomic mass is 18.2. The number of aliphatic hydroxyl groups excluding tert-OH is 5. The largest absolute Gasteiger partial charge is 0.394 e. The molecule has 0 unspecified atom stereocenters. The highest BCUT2D eigenvalue weighted by molar-refractivity contribution is 5.56. The monoisotopic (exact) mass is 192 g/mol. The molecule has 0 aliphatic carbocycles. The summed E-state index contributed by atoms with van der Waals surface area (Å²) >= 11 is 0. The number of hydrogen-bond donors (Lipinski definition) is 5. The zero-order valence-corrected chi connectivity index (χ0v) is 6.24. The van der Waals surface area contributed by atoms with E-state index in [2.05, 4.69) is 0 Å². The van der Waals surface area contributed by atoms with Crippen LogP contribution >= 0.6 is 0 Å². The molecule has 12 heavy (non-hydrogen) atoms. The molecule has 0 aliphatic rings. The Morgan fingerprint density at radius 1 is 1.08 bits per heavy atom. The molecule has 0 radical (unpaired) electrons. The zero-order chi connectivity index (χ0) is 9.72. The van der Waals surface area contributed by atoms with Crippen molar-refractivity contribution >= 4 is 6.29 Å². The molecule has 0 aromatic heterocycles. The average Bonchev–Trinajstić information content (AvgIpc) is 2.12. The van der Waals surface area contributed by atoms with Crippen molar-refractivity contribution in [2.24, 2.45) is 0 Å². The van der Waals surface area contributed by atoms with E-state index in [0.717, 1.165) is 0 Å². The standard InChI is InChI=1S/C6H12O6/c7-1-3(9)5(11)6(12)4(10)2-8/h1,3-6,8-12H,2H2/t3-,4+,5-,6+/m0/s1/i7+2,8+2,9+2,10+2,11+2,12+2. The van der Waals surface area contributed by atoms with Gasteiger partial charge in [-0.3, -0.25) is 0 Å². The predicted octanol–water partition coefficient (Wildman–Crippen LogP) is -3.38. The van der Waals surface area contributed by atoms with E-state index in [1.54, 1.807) is 0 Å². The van der Waals surface area contributed by atoms with Crippen LogP contribution in [0.2, 0.25) is 0 Å². The van der Waals surface area contributed by atoms with Gasteiger partial charge < -0.3 is 30.3 Å². The molecule has 5 N–H and O–H groups in total. The van der Waals surface area contributed by atoms with Crippen LogP contribution in [0.15, 0.2) is 0 Å². The molecule has 0 spiro atoms. The highest BCUT2D eigenvalue weighted by Crippen LogP contribution is 2.02. The number of aliphatic hydroxyl groups is 5. The first-order valence-electron chi connectivity index (χ1n) is 3.33. The first kappa shape index (κ1) is 11.5. The molecule has 4 atom stereocenters. The van der Waals surface area contributed by atoms with Crippen molar-refractivity contribution in [3.63, 3.8) is 0 Å². The number of carbonyl (C=O) groups is 1. The number of aldehydes is 1. The van der Waals surface area contributed by atoms with Gasteiger partial charge in [-0.15, -0.1) is 0 Å². The minimum Gasteiger partial charge on any atom is -0.394 e. The number of rotatable bonds is 5. The van der Waals surface area contributed by atoms with E-state index in [-0.39, 0.29) is 6.29 Å². The third-order valence-electron chi connectivity index (χ3n) is 1.42. The minimum absolute atomic E-state index is 0.0258. The van der Waals surface area contributed by atoms with Crippen LogP contribution in [0.25, 0.3) is 0 Å².